The summed E-state index contributed by atoms with van der Waals surface area (Å²) in [4.78, 5) is 30.1. The Morgan fingerprint density at radius 1 is 1.32 bits per heavy atom. The van der Waals surface area contributed by atoms with Crippen LogP contribution in [0.2, 0.25) is 0 Å². The second kappa shape index (κ2) is 7.46. The Labute approximate surface area is 127 Å². The summed E-state index contributed by atoms with van der Waals surface area (Å²) in [6, 6.07) is 1.30. The molecule has 0 aliphatic rings. The quantitative estimate of drug-likeness (QED) is 0.674. The summed E-state index contributed by atoms with van der Waals surface area (Å²) in [5, 5.41) is 0.281. The van der Waals surface area contributed by atoms with Crippen molar-refractivity contribution in [1.29, 1.82) is 0 Å². The summed E-state index contributed by atoms with van der Waals surface area (Å²) in [5.74, 6) is 5.81. The molecule has 2 aromatic rings. The van der Waals surface area contributed by atoms with Gasteiger partial charge in [-0.15, -0.1) is 0 Å². The van der Waals surface area contributed by atoms with Gasteiger partial charge < -0.3 is 9.15 Å². The van der Waals surface area contributed by atoms with E-state index in [4.69, 9.17) is 9.15 Å². The van der Waals surface area contributed by atoms with Crippen molar-refractivity contribution in [1.82, 2.24) is 9.97 Å². The third kappa shape index (κ3) is 3.76. The predicted octanol–water partition coefficient (Wildman–Crippen LogP) is 2.01. The summed E-state index contributed by atoms with van der Waals surface area (Å²) in [7, 11) is 0. The van der Waals surface area contributed by atoms with Gasteiger partial charge in [0.2, 0.25) is 5.71 Å². The second-order valence-electron chi connectivity index (χ2n) is 4.74. The number of ether oxygens (including phenoxy) is 1. The Bertz CT molecular complexity index is 824. The van der Waals surface area contributed by atoms with Crippen LogP contribution in [0.25, 0.3) is 11.1 Å². The van der Waals surface area contributed by atoms with Gasteiger partial charge in [-0.25, -0.2) is 4.79 Å². The molecule has 1 N–H and O–H groups in total. The van der Waals surface area contributed by atoms with Gasteiger partial charge in [0, 0.05) is 12.5 Å². The molecule has 2 aromatic heterocycles. The molecule has 0 spiro atoms. The van der Waals surface area contributed by atoms with Gasteiger partial charge in [-0.1, -0.05) is 32.1 Å². The Morgan fingerprint density at radius 3 is 2.86 bits per heavy atom. The van der Waals surface area contributed by atoms with E-state index >= 15 is 0 Å². The lowest BCUT2D eigenvalue weighted by Gasteiger charge is -2.04. The highest BCUT2D eigenvalue weighted by Gasteiger charge is 2.11. The van der Waals surface area contributed by atoms with E-state index in [1.54, 1.807) is 0 Å². The maximum atomic E-state index is 12.1. The van der Waals surface area contributed by atoms with E-state index in [1.165, 1.54) is 6.07 Å². The van der Waals surface area contributed by atoms with Crippen LogP contribution in [-0.4, -0.2) is 16.6 Å². The molecule has 0 unspecified atom stereocenters. The normalized spacial score (nSPS) is 10.3. The number of hydrogen-bond donors (Lipinski definition) is 1. The zero-order valence-corrected chi connectivity index (χ0v) is 12.7. The van der Waals surface area contributed by atoms with Crippen molar-refractivity contribution in [3.8, 4) is 17.9 Å². The van der Waals surface area contributed by atoms with E-state index in [-0.39, 0.29) is 29.3 Å². The van der Waals surface area contributed by atoms with Crippen molar-refractivity contribution in [3.63, 3.8) is 0 Å². The molecule has 0 bridgehead atoms. The molecule has 0 saturated heterocycles. The number of H-pyrrole nitrogens is 1. The van der Waals surface area contributed by atoms with Gasteiger partial charge in [0.25, 0.3) is 5.56 Å². The molecule has 0 aromatic carbocycles. The van der Waals surface area contributed by atoms with E-state index in [0.29, 0.717) is 12.0 Å². The van der Waals surface area contributed by atoms with E-state index in [0.717, 1.165) is 19.3 Å². The lowest BCUT2D eigenvalue weighted by atomic mass is 10.1. The first-order chi connectivity index (χ1) is 10.7. The van der Waals surface area contributed by atoms with Gasteiger partial charge in [-0.2, -0.15) is 4.98 Å². The van der Waals surface area contributed by atoms with Gasteiger partial charge in [0.1, 0.15) is 5.39 Å². The first-order valence-corrected chi connectivity index (χ1v) is 7.31. The predicted molar refractivity (Wildman–Crippen MR) is 83.1 cm³/mol. The summed E-state index contributed by atoms with van der Waals surface area (Å²) in [6.45, 7) is 4.07. The lowest BCUT2D eigenvalue weighted by molar-refractivity contribution is 0.337. The highest BCUT2D eigenvalue weighted by atomic mass is 16.5. The van der Waals surface area contributed by atoms with Crippen LogP contribution in [0.15, 0.2) is 20.1 Å². The summed E-state index contributed by atoms with van der Waals surface area (Å²) in [6.07, 6.45) is 3.49. The van der Waals surface area contributed by atoms with Crippen LogP contribution in [0, 0.1) is 11.8 Å². The van der Waals surface area contributed by atoms with Gasteiger partial charge in [0.05, 0.1) is 0 Å². The number of aromatic amines is 1. The minimum Gasteiger partial charge on any atom is -0.451 e. The minimum absolute atomic E-state index is 0.00121. The molecule has 22 heavy (non-hydrogen) atoms. The first-order valence-electron chi connectivity index (χ1n) is 7.31. The Kier molecular flexibility index (Phi) is 5.37. The van der Waals surface area contributed by atoms with E-state index in [1.807, 2.05) is 6.92 Å². The van der Waals surface area contributed by atoms with E-state index < -0.39 is 5.63 Å². The molecule has 0 atom stereocenters. The zero-order valence-electron chi connectivity index (χ0n) is 12.7. The highest BCUT2D eigenvalue weighted by Crippen LogP contribution is 2.13. The van der Waals surface area contributed by atoms with Crippen LogP contribution >= 0.6 is 0 Å². The topological polar surface area (TPSA) is 85.2 Å². The number of hydrogen-bond acceptors (Lipinski definition) is 5. The third-order valence-corrected chi connectivity index (χ3v) is 3.12. The van der Waals surface area contributed by atoms with Gasteiger partial charge in [-0.3, -0.25) is 9.78 Å². The molecule has 0 saturated carbocycles. The molecule has 0 aliphatic heterocycles. The van der Waals surface area contributed by atoms with Crippen molar-refractivity contribution in [2.75, 3.05) is 6.61 Å². The molecular formula is C16H18N2O4. The van der Waals surface area contributed by atoms with Crippen LogP contribution in [-0.2, 0) is 6.42 Å². The number of nitrogens with zero attached hydrogens (tertiary/aromatic N) is 1. The van der Waals surface area contributed by atoms with Crippen LogP contribution in [0.1, 0.15) is 38.7 Å². The van der Waals surface area contributed by atoms with Crippen molar-refractivity contribution in [2.24, 2.45) is 0 Å². The number of nitrogens with one attached hydrogen (secondary N) is 1. The average molecular weight is 302 g/mol. The molecule has 116 valence electrons. The van der Waals surface area contributed by atoms with Crippen molar-refractivity contribution in [3.05, 3.63) is 32.4 Å². The maximum absolute atomic E-state index is 12.1. The monoisotopic (exact) mass is 302 g/mol. The molecule has 0 aliphatic carbocycles. The van der Waals surface area contributed by atoms with E-state index in [2.05, 4.69) is 28.7 Å². The SMILES string of the molecule is CCCCC#CCOc1nc2oc(=O)cc(CC)c2c(=O)[nH]1. The van der Waals surface area contributed by atoms with Crippen molar-refractivity contribution < 1.29 is 9.15 Å². The van der Waals surface area contributed by atoms with Gasteiger partial charge in [-0.05, 0) is 18.4 Å². The lowest BCUT2D eigenvalue weighted by Crippen LogP contribution is -2.15. The van der Waals surface area contributed by atoms with Crippen LogP contribution in [0.3, 0.4) is 0 Å². The maximum Gasteiger partial charge on any atom is 0.337 e. The smallest absolute Gasteiger partial charge is 0.337 e. The summed E-state index contributed by atoms with van der Waals surface area (Å²) < 4.78 is 10.3. The average Bonchev–Trinajstić information content (AvgIpc) is 2.49. The van der Waals surface area contributed by atoms with Crippen LogP contribution < -0.4 is 15.9 Å². The Hall–Kier alpha value is -2.55. The number of fused-ring (bicyclic) bond motifs is 1. The minimum atomic E-state index is -0.534. The molecule has 6 nitrogen and oxygen atoms in total. The van der Waals surface area contributed by atoms with Crippen molar-refractivity contribution >= 4 is 11.1 Å². The molecule has 0 radical (unpaired) electrons. The number of unbranched alkanes of at least 4 members (excludes halogenated alkanes) is 2. The van der Waals surface area contributed by atoms with Gasteiger partial charge in [0.15, 0.2) is 6.61 Å². The van der Waals surface area contributed by atoms with Crippen molar-refractivity contribution in [2.45, 2.75) is 39.5 Å². The van der Waals surface area contributed by atoms with Gasteiger partial charge >= 0.3 is 11.6 Å². The molecule has 2 rings (SSSR count). The Balaban J connectivity index is 2.24. The largest absolute Gasteiger partial charge is 0.451 e. The van der Waals surface area contributed by atoms with Crippen LogP contribution in [0.5, 0.6) is 6.01 Å². The van der Waals surface area contributed by atoms with Crippen LogP contribution in [0.4, 0.5) is 0 Å². The molecule has 6 heteroatoms. The van der Waals surface area contributed by atoms with E-state index in [9.17, 15) is 9.59 Å². The number of rotatable bonds is 5. The fourth-order valence-electron chi connectivity index (χ4n) is 1.99. The third-order valence-electron chi connectivity index (χ3n) is 3.12. The number of aryl methyl sites for hydroxylation is 1. The summed E-state index contributed by atoms with van der Waals surface area (Å²) in [5.41, 5.74) is -0.333. The highest BCUT2D eigenvalue weighted by molar-refractivity contribution is 5.75. The standard InChI is InChI=1S/C16H18N2O4/c1-3-5-6-7-8-9-21-16-17-14(20)13-11(4-2)10-12(19)22-15(13)18-16/h10H,3-6,9H2,1-2H3,(H,17,18,20). The summed E-state index contributed by atoms with van der Waals surface area (Å²) >= 11 is 0. The zero-order chi connectivity index (χ0) is 15.9. The molecular weight excluding hydrogens is 284 g/mol. The Morgan fingerprint density at radius 2 is 2.14 bits per heavy atom. The second-order valence-corrected chi connectivity index (χ2v) is 4.74. The number of aromatic nitrogens is 2. The molecule has 2 heterocycles. The first kappa shape index (κ1) is 15.8. The molecule has 0 amide bonds. The fourth-order valence-corrected chi connectivity index (χ4v) is 1.99. The molecule has 0 fully saturated rings. The fraction of sp³-hybridized carbons (Fsp3) is 0.438.